The zero-order valence-electron chi connectivity index (χ0n) is 12.5. The molecule has 0 fully saturated rings. The number of ether oxygens (including phenoxy) is 1. The highest BCUT2D eigenvalue weighted by Crippen LogP contribution is 2.22. The lowest BCUT2D eigenvalue weighted by Crippen LogP contribution is -2.29. The number of aliphatic hydroxyl groups is 1. The van der Waals surface area contributed by atoms with Crippen LogP contribution in [-0.2, 0) is 4.74 Å². The molecule has 3 N–H and O–H groups in total. The number of hydrogen-bond acceptors (Lipinski definition) is 4. The van der Waals surface area contributed by atoms with E-state index in [9.17, 15) is 4.79 Å². The van der Waals surface area contributed by atoms with E-state index in [4.69, 9.17) is 9.84 Å². The smallest absolute Gasteiger partial charge is 0.267 e. The number of aromatic amines is 1. The molecule has 120 valence electrons. The number of H-pyrrole nitrogens is 1. The molecule has 2 aromatic heterocycles. The van der Waals surface area contributed by atoms with Crippen molar-refractivity contribution < 1.29 is 14.6 Å². The summed E-state index contributed by atoms with van der Waals surface area (Å²) in [4.78, 5) is 16.4. The third kappa shape index (κ3) is 3.79. The first-order valence-corrected chi connectivity index (χ1v) is 8.27. The number of aliphatic hydroxyl groups excluding tert-OH is 1. The van der Waals surface area contributed by atoms with Crippen LogP contribution in [0.2, 0.25) is 0 Å². The zero-order chi connectivity index (χ0) is 16.1. The number of carbonyl (C=O) groups is 1. The Hall–Kier alpha value is -2.15. The van der Waals surface area contributed by atoms with Crippen molar-refractivity contribution >= 4 is 28.1 Å². The monoisotopic (exact) mass is 330 g/mol. The van der Waals surface area contributed by atoms with E-state index >= 15 is 0 Å². The van der Waals surface area contributed by atoms with E-state index in [2.05, 4.69) is 10.3 Å². The van der Waals surface area contributed by atoms with Gasteiger partial charge >= 0.3 is 0 Å². The molecule has 0 saturated carbocycles. The number of nitrogens with one attached hydrogen (secondary N) is 2. The maximum atomic E-state index is 12.3. The molecular weight excluding hydrogens is 312 g/mol. The van der Waals surface area contributed by atoms with E-state index in [1.807, 2.05) is 47.8 Å². The lowest BCUT2D eigenvalue weighted by molar-refractivity contribution is 0.0295. The summed E-state index contributed by atoms with van der Waals surface area (Å²) in [5.41, 5.74) is 1.46. The molecule has 0 spiro atoms. The van der Waals surface area contributed by atoms with Gasteiger partial charge in [0.15, 0.2) is 0 Å². The molecule has 1 atom stereocenters. The van der Waals surface area contributed by atoms with E-state index in [1.54, 1.807) is 11.3 Å². The fraction of sp³-hybridized carbons (Fsp3) is 0.235. The Kier molecular flexibility index (Phi) is 5.07. The predicted octanol–water partition coefficient (Wildman–Crippen LogP) is 2.71. The van der Waals surface area contributed by atoms with E-state index in [-0.39, 0.29) is 25.2 Å². The number of hydrogen-bond donors (Lipinski definition) is 3. The number of amides is 1. The van der Waals surface area contributed by atoms with Gasteiger partial charge in [-0.05, 0) is 23.6 Å². The Morgan fingerprint density at radius 2 is 2.17 bits per heavy atom. The molecule has 0 unspecified atom stereocenters. The van der Waals surface area contributed by atoms with Crippen molar-refractivity contribution in [2.75, 3.05) is 19.8 Å². The number of thiophene rings is 1. The van der Waals surface area contributed by atoms with E-state index in [0.29, 0.717) is 12.2 Å². The molecule has 0 bridgehead atoms. The minimum Gasteiger partial charge on any atom is -0.394 e. The molecule has 0 aliphatic rings. The van der Waals surface area contributed by atoms with Gasteiger partial charge in [0, 0.05) is 22.3 Å². The van der Waals surface area contributed by atoms with Crippen molar-refractivity contribution in [3.05, 3.63) is 58.4 Å². The molecule has 0 radical (unpaired) electrons. The molecule has 0 aliphatic heterocycles. The van der Waals surface area contributed by atoms with Gasteiger partial charge in [0.05, 0.1) is 13.2 Å². The predicted molar refractivity (Wildman–Crippen MR) is 90.7 cm³/mol. The highest BCUT2D eigenvalue weighted by atomic mass is 32.1. The number of benzene rings is 1. The van der Waals surface area contributed by atoms with Crippen LogP contribution in [0.1, 0.15) is 21.5 Å². The first-order valence-electron chi connectivity index (χ1n) is 7.40. The largest absolute Gasteiger partial charge is 0.394 e. The van der Waals surface area contributed by atoms with Gasteiger partial charge in [0.25, 0.3) is 5.91 Å². The van der Waals surface area contributed by atoms with Crippen molar-refractivity contribution in [3.8, 4) is 0 Å². The number of rotatable bonds is 7. The second kappa shape index (κ2) is 7.41. The number of fused-ring (bicyclic) bond motifs is 1. The first kappa shape index (κ1) is 15.7. The van der Waals surface area contributed by atoms with Gasteiger partial charge in [-0.3, -0.25) is 4.79 Å². The molecule has 23 heavy (non-hydrogen) atoms. The molecule has 6 heteroatoms. The second-order valence-corrected chi connectivity index (χ2v) is 6.06. The Bertz CT molecular complexity index is 734. The summed E-state index contributed by atoms with van der Waals surface area (Å²) < 4.78 is 5.62. The molecule has 1 amide bonds. The van der Waals surface area contributed by atoms with E-state index < -0.39 is 0 Å². The van der Waals surface area contributed by atoms with Gasteiger partial charge in [-0.1, -0.05) is 24.3 Å². The highest BCUT2D eigenvalue weighted by molar-refractivity contribution is 7.10. The van der Waals surface area contributed by atoms with Crippen LogP contribution < -0.4 is 5.32 Å². The Labute approximate surface area is 137 Å². The molecule has 1 aromatic carbocycles. The van der Waals surface area contributed by atoms with Crippen LogP contribution in [0.5, 0.6) is 0 Å². The quantitative estimate of drug-likeness (QED) is 0.623. The summed E-state index contributed by atoms with van der Waals surface area (Å²) in [6, 6.07) is 13.5. The zero-order valence-corrected chi connectivity index (χ0v) is 13.3. The average molecular weight is 330 g/mol. The maximum Gasteiger partial charge on any atom is 0.267 e. The van der Waals surface area contributed by atoms with Gasteiger partial charge in [0.1, 0.15) is 11.8 Å². The van der Waals surface area contributed by atoms with Crippen LogP contribution in [0.15, 0.2) is 47.8 Å². The SMILES string of the molecule is O=C(NC[C@@H](OCCO)c1cccs1)c1cc2ccccc2[nH]1. The standard InChI is InChI=1S/C17H18N2O3S/c20-7-8-22-15(16-6-3-9-23-16)11-18-17(21)14-10-12-4-1-2-5-13(12)19-14/h1-6,9-10,15,19-20H,7-8,11H2,(H,18,21)/t15-/m1/s1. The Morgan fingerprint density at radius 3 is 2.91 bits per heavy atom. The van der Waals surface area contributed by atoms with Crippen molar-refractivity contribution in [2.45, 2.75) is 6.10 Å². The van der Waals surface area contributed by atoms with Crippen molar-refractivity contribution in [1.29, 1.82) is 0 Å². The lowest BCUT2D eigenvalue weighted by atomic mass is 10.2. The summed E-state index contributed by atoms with van der Waals surface area (Å²) in [7, 11) is 0. The fourth-order valence-electron chi connectivity index (χ4n) is 2.39. The summed E-state index contributed by atoms with van der Waals surface area (Å²) in [5, 5.41) is 14.8. The minimum atomic E-state index is -0.254. The third-order valence-corrected chi connectivity index (χ3v) is 4.46. The summed E-state index contributed by atoms with van der Waals surface area (Å²) >= 11 is 1.57. The molecule has 3 rings (SSSR count). The van der Waals surface area contributed by atoms with Crippen LogP contribution in [-0.4, -0.2) is 35.8 Å². The van der Waals surface area contributed by atoms with Gasteiger partial charge in [-0.2, -0.15) is 0 Å². The van der Waals surface area contributed by atoms with Crippen LogP contribution >= 0.6 is 11.3 Å². The van der Waals surface area contributed by atoms with Crippen LogP contribution in [0.4, 0.5) is 0 Å². The van der Waals surface area contributed by atoms with Crippen molar-refractivity contribution in [3.63, 3.8) is 0 Å². The third-order valence-electron chi connectivity index (χ3n) is 3.49. The molecule has 0 aliphatic carbocycles. The minimum absolute atomic E-state index is 0.0438. The lowest BCUT2D eigenvalue weighted by Gasteiger charge is -2.16. The summed E-state index contributed by atoms with van der Waals surface area (Å²) in [6.07, 6.45) is -0.254. The normalized spacial score (nSPS) is 12.4. The number of para-hydroxylation sites is 1. The number of aromatic nitrogens is 1. The Balaban J connectivity index is 1.66. The molecule has 0 saturated heterocycles. The molecule has 3 aromatic rings. The average Bonchev–Trinajstić information content (AvgIpc) is 3.24. The first-order chi connectivity index (χ1) is 11.3. The van der Waals surface area contributed by atoms with Gasteiger partial charge in [-0.25, -0.2) is 0 Å². The Morgan fingerprint density at radius 1 is 1.30 bits per heavy atom. The fourth-order valence-corrected chi connectivity index (χ4v) is 3.16. The van der Waals surface area contributed by atoms with Crippen molar-refractivity contribution in [2.24, 2.45) is 0 Å². The van der Waals surface area contributed by atoms with Crippen LogP contribution in [0, 0.1) is 0 Å². The van der Waals surface area contributed by atoms with Gasteiger partial charge in [-0.15, -0.1) is 11.3 Å². The maximum absolute atomic E-state index is 12.3. The van der Waals surface area contributed by atoms with Crippen LogP contribution in [0.3, 0.4) is 0 Å². The summed E-state index contributed by atoms with van der Waals surface area (Å²) in [6.45, 7) is 0.553. The topological polar surface area (TPSA) is 74.3 Å². The summed E-state index contributed by atoms with van der Waals surface area (Å²) in [5.74, 6) is -0.171. The molecule has 2 heterocycles. The highest BCUT2D eigenvalue weighted by Gasteiger charge is 2.16. The second-order valence-electron chi connectivity index (χ2n) is 5.08. The van der Waals surface area contributed by atoms with Crippen LogP contribution in [0.25, 0.3) is 10.9 Å². The van der Waals surface area contributed by atoms with E-state index in [0.717, 1.165) is 15.8 Å². The molecular formula is C17H18N2O3S. The van der Waals surface area contributed by atoms with Gasteiger partial charge < -0.3 is 20.1 Å². The molecule has 5 nitrogen and oxygen atoms in total. The van der Waals surface area contributed by atoms with E-state index in [1.165, 1.54) is 0 Å². The van der Waals surface area contributed by atoms with Crippen molar-refractivity contribution in [1.82, 2.24) is 10.3 Å². The van der Waals surface area contributed by atoms with Gasteiger partial charge in [0.2, 0.25) is 0 Å². The number of carbonyl (C=O) groups excluding carboxylic acids is 1.